The molecule has 0 aliphatic heterocycles. The number of aromatic nitrogens is 2. The van der Waals surface area contributed by atoms with Crippen molar-refractivity contribution in [1.82, 2.24) is 9.97 Å². The third-order valence-electron chi connectivity index (χ3n) is 1.06. The normalized spacial score (nSPS) is 12.2. The Kier molecular flexibility index (Phi) is 2.01. The summed E-state index contributed by atoms with van der Waals surface area (Å²) in [6, 6.07) is 0. The predicted molar refractivity (Wildman–Crippen MR) is 43.3 cm³/mol. The average Bonchev–Trinajstić information content (AvgIpc) is 2.18. The van der Waals surface area contributed by atoms with Gasteiger partial charge in [0, 0.05) is 0 Å². The SMILES string of the molecule is [2H]C([2H])(C#C)Oc1cnc(C(=O)O)cn1. The monoisotopic (exact) mass is 180 g/mol. The number of carboxylic acid groups (broad SMARTS) is 1. The van der Waals surface area contributed by atoms with Crippen molar-refractivity contribution in [2.45, 2.75) is 0 Å². The van der Waals surface area contributed by atoms with Crippen molar-refractivity contribution in [3.05, 3.63) is 18.1 Å². The van der Waals surface area contributed by atoms with Gasteiger partial charge in [0.25, 0.3) is 0 Å². The highest BCUT2D eigenvalue weighted by atomic mass is 16.5. The summed E-state index contributed by atoms with van der Waals surface area (Å²) in [5.41, 5.74) is -0.261. The van der Waals surface area contributed by atoms with E-state index < -0.39 is 12.5 Å². The number of rotatable bonds is 3. The molecule has 0 radical (unpaired) electrons. The van der Waals surface area contributed by atoms with E-state index in [0.29, 0.717) is 0 Å². The molecule has 1 aromatic heterocycles. The second-order valence-corrected chi connectivity index (χ2v) is 1.89. The summed E-state index contributed by atoms with van der Waals surface area (Å²) < 4.78 is 18.8. The third kappa shape index (κ3) is 2.45. The molecule has 0 amide bonds. The van der Waals surface area contributed by atoms with Crippen LogP contribution in [0.5, 0.6) is 5.88 Å². The minimum absolute atomic E-state index is 0.178. The van der Waals surface area contributed by atoms with Crippen LogP contribution in [0, 0.1) is 12.3 Å². The molecule has 13 heavy (non-hydrogen) atoms. The molecule has 0 saturated carbocycles. The third-order valence-corrected chi connectivity index (χ3v) is 1.06. The average molecular weight is 180 g/mol. The van der Waals surface area contributed by atoms with E-state index in [0.717, 1.165) is 12.4 Å². The number of terminal acetylenes is 1. The molecule has 0 fully saturated rings. The van der Waals surface area contributed by atoms with Gasteiger partial charge in [0.05, 0.1) is 15.1 Å². The lowest BCUT2D eigenvalue weighted by Gasteiger charge is -1.99. The Morgan fingerprint density at radius 2 is 2.54 bits per heavy atom. The number of carboxylic acids is 1. The van der Waals surface area contributed by atoms with Crippen molar-refractivity contribution < 1.29 is 17.4 Å². The fraction of sp³-hybridized carbons (Fsp3) is 0.125. The van der Waals surface area contributed by atoms with Crippen LogP contribution in [0.1, 0.15) is 13.2 Å². The summed E-state index contributed by atoms with van der Waals surface area (Å²) in [4.78, 5) is 17.4. The second-order valence-electron chi connectivity index (χ2n) is 1.89. The highest BCUT2D eigenvalue weighted by Gasteiger charge is 2.04. The highest BCUT2D eigenvalue weighted by Crippen LogP contribution is 2.03. The first-order valence-electron chi connectivity index (χ1n) is 4.17. The Morgan fingerprint density at radius 1 is 1.77 bits per heavy atom. The van der Waals surface area contributed by atoms with E-state index in [2.05, 4.69) is 14.7 Å². The predicted octanol–water partition coefficient (Wildman–Crippen LogP) is 0.187. The van der Waals surface area contributed by atoms with E-state index in [1.54, 1.807) is 5.92 Å². The first-order chi connectivity index (χ1) is 6.94. The summed E-state index contributed by atoms with van der Waals surface area (Å²) in [6.07, 6.45) is 6.77. The molecular formula is C8H6N2O3. The van der Waals surface area contributed by atoms with Crippen molar-refractivity contribution >= 4 is 5.97 Å². The fourth-order valence-corrected chi connectivity index (χ4v) is 0.561. The molecule has 0 spiro atoms. The summed E-state index contributed by atoms with van der Waals surface area (Å²) >= 11 is 0. The maximum Gasteiger partial charge on any atom is 0.356 e. The fourth-order valence-electron chi connectivity index (χ4n) is 0.561. The van der Waals surface area contributed by atoms with E-state index in [-0.39, 0.29) is 11.6 Å². The van der Waals surface area contributed by atoms with Gasteiger partial charge >= 0.3 is 5.97 Å². The lowest BCUT2D eigenvalue weighted by molar-refractivity contribution is 0.0690. The number of nitrogens with zero attached hydrogens (tertiary/aromatic N) is 2. The van der Waals surface area contributed by atoms with Gasteiger partial charge in [-0.15, -0.1) is 6.42 Å². The molecule has 66 valence electrons. The minimum Gasteiger partial charge on any atom is -0.476 e. The largest absolute Gasteiger partial charge is 0.476 e. The van der Waals surface area contributed by atoms with Crippen LogP contribution >= 0.6 is 0 Å². The van der Waals surface area contributed by atoms with Crippen LogP contribution in [0.25, 0.3) is 0 Å². The van der Waals surface area contributed by atoms with Crippen molar-refractivity contribution in [2.75, 3.05) is 6.56 Å². The van der Waals surface area contributed by atoms with Gasteiger partial charge in [-0.25, -0.2) is 14.8 Å². The van der Waals surface area contributed by atoms with Crippen LogP contribution in [-0.2, 0) is 0 Å². The maximum atomic E-state index is 10.4. The zero-order chi connectivity index (χ0) is 11.5. The standard InChI is InChI=1S/C8H6N2O3/c1-2-3-13-7-5-9-6(4-10-7)8(11)12/h1,4-5H,3H2,(H,11,12)/i3D2. The van der Waals surface area contributed by atoms with E-state index >= 15 is 0 Å². The van der Waals surface area contributed by atoms with E-state index in [9.17, 15) is 4.79 Å². The van der Waals surface area contributed by atoms with E-state index in [1.807, 2.05) is 0 Å². The Morgan fingerprint density at radius 3 is 3.00 bits per heavy atom. The molecule has 0 unspecified atom stereocenters. The van der Waals surface area contributed by atoms with E-state index in [1.165, 1.54) is 0 Å². The molecule has 0 aliphatic carbocycles. The van der Waals surface area contributed by atoms with Gasteiger partial charge in [0.15, 0.2) is 12.3 Å². The van der Waals surface area contributed by atoms with Gasteiger partial charge in [-0.2, -0.15) is 0 Å². The molecule has 1 heterocycles. The number of ether oxygens (including phenoxy) is 1. The van der Waals surface area contributed by atoms with Crippen LogP contribution in [-0.4, -0.2) is 27.6 Å². The number of aromatic carboxylic acids is 1. The molecule has 1 aromatic rings. The van der Waals surface area contributed by atoms with Crippen LogP contribution in [0.3, 0.4) is 0 Å². The maximum absolute atomic E-state index is 10.4. The van der Waals surface area contributed by atoms with Gasteiger partial charge in [-0.1, -0.05) is 5.92 Å². The zero-order valence-corrected chi connectivity index (χ0v) is 6.39. The Hall–Kier alpha value is -2.09. The Labute approximate surface area is 77.2 Å². The molecule has 1 N–H and O–H groups in total. The van der Waals surface area contributed by atoms with Crippen LogP contribution in [0.2, 0.25) is 0 Å². The lowest BCUT2D eigenvalue weighted by atomic mass is 10.5. The zero-order valence-electron chi connectivity index (χ0n) is 8.39. The second kappa shape index (κ2) is 4.07. The summed E-state index contributed by atoms with van der Waals surface area (Å²) in [7, 11) is 0. The first-order valence-corrected chi connectivity index (χ1v) is 3.17. The molecule has 0 bridgehead atoms. The van der Waals surface area contributed by atoms with Crippen LogP contribution < -0.4 is 4.74 Å². The Bertz CT molecular complexity index is 411. The summed E-state index contributed by atoms with van der Waals surface area (Å²) in [6.45, 7) is -2.29. The molecule has 0 aliphatic rings. The molecule has 1 rings (SSSR count). The lowest BCUT2D eigenvalue weighted by Crippen LogP contribution is -2.02. The van der Waals surface area contributed by atoms with Crippen molar-refractivity contribution in [2.24, 2.45) is 0 Å². The number of hydrogen-bond donors (Lipinski definition) is 1. The van der Waals surface area contributed by atoms with Crippen LogP contribution in [0.4, 0.5) is 0 Å². The van der Waals surface area contributed by atoms with Gasteiger partial charge in [0.2, 0.25) is 5.88 Å². The van der Waals surface area contributed by atoms with Gasteiger partial charge in [-0.3, -0.25) is 0 Å². The number of carbonyl (C=O) groups is 1. The summed E-state index contributed by atoms with van der Waals surface area (Å²) in [5.74, 6) is 0.349. The molecule has 5 heteroatoms. The van der Waals surface area contributed by atoms with Crippen molar-refractivity contribution in [1.29, 1.82) is 0 Å². The van der Waals surface area contributed by atoms with Crippen LogP contribution in [0.15, 0.2) is 12.4 Å². The summed E-state index contributed by atoms with van der Waals surface area (Å²) in [5, 5.41) is 8.50. The first kappa shape index (κ1) is 6.43. The topological polar surface area (TPSA) is 72.3 Å². The Balaban J connectivity index is 2.83. The quantitative estimate of drug-likeness (QED) is 0.672. The smallest absolute Gasteiger partial charge is 0.356 e. The van der Waals surface area contributed by atoms with Gasteiger partial charge in [0.1, 0.15) is 0 Å². The molecule has 0 atom stereocenters. The minimum atomic E-state index is -2.29. The number of hydrogen-bond acceptors (Lipinski definition) is 4. The van der Waals surface area contributed by atoms with Crippen molar-refractivity contribution in [3.63, 3.8) is 0 Å². The highest BCUT2D eigenvalue weighted by molar-refractivity contribution is 5.84. The molecule has 0 aromatic carbocycles. The molecule has 0 saturated heterocycles. The van der Waals surface area contributed by atoms with Gasteiger partial charge in [-0.05, 0) is 0 Å². The molecular weight excluding hydrogens is 172 g/mol. The van der Waals surface area contributed by atoms with Gasteiger partial charge < -0.3 is 9.84 Å². The van der Waals surface area contributed by atoms with Crippen molar-refractivity contribution in [3.8, 4) is 18.2 Å². The van der Waals surface area contributed by atoms with E-state index in [4.69, 9.17) is 14.3 Å². The molecule has 5 nitrogen and oxygen atoms in total.